The van der Waals surface area contributed by atoms with E-state index in [9.17, 15) is 14.0 Å². The molecule has 0 unspecified atom stereocenters. The number of hydrogen-bond acceptors (Lipinski definition) is 5. The lowest BCUT2D eigenvalue weighted by Crippen LogP contribution is -2.27. The van der Waals surface area contributed by atoms with Crippen molar-refractivity contribution in [3.05, 3.63) is 52.7 Å². The van der Waals surface area contributed by atoms with Gasteiger partial charge in [-0.25, -0.2) is 19.4 Å². The first-order valence-electron chi connectivity index (χ1n) is 7.68. The molecule has 0 saturated carbocycles. The number of esters is 1. The molecule has 130 valence electrons. The zero-order valence-corrected chi connectivity index (χ0v) is 13.5. The molecule has 3 N–H and O–H groups in total. The zero-order valence-electron chi connectivity index (χ0n) is 13.5. The summed E-state index contributed by atoms with van der Waals surface area (Å²) in [5.74, 6) is -0.222. The molecular weight excluding hydrogens is 329 g/mol. The number of furan rings is 1. The zero-order chi connectivity index (χ0) is 18.0. The van der Waals surface area contributed by atoms with Gasteiger partial charge in [0.2, 0.25) is 5.76 Å². The number of amides is 2. The molecule has 1 aliphatic rings. The Balaban J connectivity index is 1.88. The first kappa shape index (κ1) is 16.7. The van der Waals surface area contributed by atoms with E-state index in [1.807, 2.05) is 0 Å². The van der Waals surface area contributed by atoms with Gasteiger partial charge in [0, 0.05) is 17.5 Å². The second-order valence-corrected chi connectivity index (χ2v) is 5.59. The number of nitrogens with one attached hydrogen (secondary N) is 1. The first-order chi connectivity index (χ1) is 12.0. The summed E-state index contributed by atoms with van der Waals surface area (Å²) in [6, 6.07) is 4.34. The van der Waals surface area contributed by atoms with Crippen LogP contribution in [-0.4, -0.2) is 17.7 Å². The summed E-state index contributed by atoms with van der Waals surface area (Å²) in [6.07, 6.45) is 2.04. The molecule has 2 amide bonds. The highest BCUT2D eigenvalue weighted by Gasteiger charge is 2.29. The summed E-state index contributed by atoms with van der Waals surface area (Å²) in [7, 11) is 0. The molecule has 1 aliphatic carbocycles. The topological polar surface area (TPSA) is 107 Å². The van der Waals surface area contributed by atoms with Gasteiger partial charge in [-0.05, 0) is 44.0 Å². The largest absolute Gasteiger partial charge is 0.453 e. The number of nitrogens with zero attached hydrogens (tertiary/aromatic N) is 1. The molecule has 1 heterocycles. The average molecular weight is 345 g/mol. The van der Waals surface area contributed by atoms with E-state index < -0.39 is 17.8 Å². The van der Waals surface area contributed by atoms with Crippen LogP contribution >= 0.6 is 0 Å². The van der Waals surface area contributed by atoms with Crippen LogP contribution in [0.5, 0.6) is 5.75 Å². The third-order valence-electron chi connectivity index (χ3n) is 3.84. The third kappa shape index (κ3) is 3.52. The van der Waals surface area contributed by atoms with E-state index >= 15 is 0 Å². The summed E-state index contributed by atoms with van der Waals surface area (Å²) in [6.45, 7) is 1.72. The van der Waals surface area contributed by atoms with E-state index in [2.05, 4.69) is 10.5 Å². The van der Waals surface area contributed by atoms with Crippen LogP contribution in [0.25, 0.3) is 0 Å². The van der Waals surface area contributed by atoms with Crippen molar-refractivity contribution in [2.75, 3.05) is 0 Å². The van der Waals surface area contributed by atoms with E-state index in [0.717, 1.165) is 6.42 Å². The molecule has 25 heavy (non-hydrogen) atoms. The van der Waals surface area contributed by atoms with Gasteiger partial charge in [-0.3, -0.25) is 0 Å². The van der Waals surface area contributed by atoms with Gasteiger partial charge in [0.25, 0.3) is 0 Å². The molecule has 0 bridgehead atoms. The van der Waals surface area contributed by atoms with Gasteiger partial charge in [0.15, 0.2) is 0 Å². The number of ether oxygens (including phenoxy) is 1. The minimum atomic E-state index is -0.767. The molecule has 8 heteroatoms. The molecule has 3 rings (SSSR count). The van der Waals surface area contributed by atoms with Crippen LogP contribution in [0, 0.1) is 12.7 Å². The van der Waals surface area contributed by atoms with E-state index in [-0.39, 0.29) is 11.5 Å². The number of carbonyl (C=O) groups excluding carboxylic acids is 2. The van der Waals surface area contributed by atoms with Crippen LogP contribution in [0.1, 0.15) is 40.3 Å². The minimum Gasteiger partial charge on any atom is -0.453 e. The quantitative estimate of drug-likeness (QED) is 0.506. The van der Waals surface area contributed by atoms with Gasteiger partial charge < -0.3 is 14.9 Å². The molecule has 7 nitrogen and oxygen atoms in total. The normalized spacial score (nSPS) is 14.9. The van der Waals surface area contributed by atoms with Crippen LogP contribution in [0.4, 0.5) is 9.18 Å². The molecule has 1 aromatic carbocycles. The Morgan fingerprint density at radius 1 is 1.28 bits per heavy atom. The number of aryl methyl sites for hydroxylation is 1. The standard InChI is InChI=1S/C17H16FN3O4/c1-9-14-12(20-21-17(19)23)3-2-4-13(14)25-15(9)16(22)24-11-7-5-10(18)6-8-11/h5-8H,2-4H2,1H3,(H3,19,21,23)/b20-12+. The molecular formula is C17H16FN3O4. The number of benzene rings is 1. The first-order valence-corrected chi connectivity index (χ1v) is 7.68. The van der Waals surface area contributed by atoms with Crippen molar-refractivity contribution < 1.29 is 23.1 Å². The molecule has 0 radical (unpaired) electrons. The van der Waals surface area contributed by atoms with Crippen molar-refractivity contribution in [2.45, 2.75) is 26.2 Å². The highest BCUT2D eigenvalue weighted by Crippen LogP contribution is 2.30. The smallest absolute Gasteiger partial charge is 0.379 e. The summed E-state index contributed by atoms with van der Waals surface area (Å²) >= 11 is 0. The van der Waals surface area contributed by atoms with Crippen LogP contribution in [0.15, 0.2) is 33.8 Å². The number of carbonyl (C=O) groups is 2. The van der Waals surface area contributed by atoms with Crippen LogP contribution in [0.3, 0.4) is 0 Å². The highest BCUT2D eigenvalue weighted by atomic mass is 19.1. The predicted octanol–water partition coefficient (Wildman–Crippen LogP) is 2.66. The van der Waals surface area contributed by atoms with E-state index in [0.29, 0.717) is 35.4 Å². The van der Waals surface area contributed by atoms with Crippen molar-refractivity contribution in [2.24, 2.45) is 10.8 Å². The summed E-state index contributed by atoms with van der Waals surface area (Å²) < 4.78 is 23.8. The second kappa shape index (κ2) is 6.76. The van der Waals surface area contributed by atoms with Gasteiger partial charge >= 0.3 is 12.0 Å². The summed E-state index contributed by atoms with van der Waals surface area (Å²) in [5, 5.41) is 3.99. The fourth-order valence-corrected chi connectivity index (χ4v) is 2.75. The monoisotopic (exact) mass is 345 g/mol. The Morgan fingerprint density at radius 3 is 2.68 bits per heavy atom. The van der Waals surface area contributed by atoms with Crippen molar-refractivity contribution in [3.8, 4) is 5.75 Å². The van der Waals surface area contributed by atoms with Crippen molar-refractivity contribution in [3.63, 3.8) is 0 Å². The van der Waals surface area contributed by atoms with Crippen LogP contribution in [0.2, 0.25) is 0 Å². The van der Waals surface area contributed by atoms with Crippen molar-refractivity contribution >= 4 is 17.7 Å². The fourth-order valence-electron chi connectivity index (χ4n) is 2.75. The Hall–Kier alpha value is -3.16. The maximum absolute atomic E-state index is 12.9. The predicted molar refractivity (Wildman–Crippen MR) is 87.0 cm³/mol. The van der Waals surface area contributed by atoms with E-state index in [4.69, 9.17) is 14.9 Å². The SMILES string of the molecule is Cc1c(C(=O)Oc2ccc(F)cc2)oc2c1/C(=N/NC(N)=O)CCC2. The molecule has 0 saturated heterocycles. The lowest BCUT2D eigenvalue weighted by molar-refractivity contribution is 0.0698. The highest BCUT2D eigenvalue weighted by molar-refractivity contribution is 6.06. The third-order valence-corrected chi connectivity index (χ3v) is 3.84. The Morgan fingerprint density at radius 2 is 2.00 bits per heavy atom. The number of rotatable bonds is 3. The van der Waals surface area contributed by atoms with E-state index in [1.165, 1.54) is 24.3 Å². The molecule has 2 aromatic rings. The number of urea groups is 1. The second-order valence-electron chi connectivity index (χ2n) is 5.59. The van der Waals surface area contributed by atoms with Gasteiger partial charge in [0.1, 0.15) is 17.3 Å². The number of primary amides is 1. The molecule has 0 spiro atoms. The fraction of sp³-hybridized carbons (Fsp3) is 0.235. The molecule has 1 aromatic heterocycles. The van der Waals surface area contributed by atoms with Gasteiger partial charge in [-0.1, -0.05) is 0 Å². The Labute approximate surface area is 142 Å². The number of hydrogen-bond donors (Lipinski definition) is 2. The van der Waals surface area contributed by atoms with Gasteiger partial charge in [0.05, 0.1) is 5.71 Å². The number of fused-ring (bicyclic) bond motifs is 1. The Bertz CT molecular complexity index is 856. The van der Waals surface area contributed by atoms with Gasteiger partial charge in [-0.2, -0.15) is 5.10 Å². The van der Waals surface area contributed by atoms with Gasteiger partial charge in [-0.15, -0.1) is 0 Å². The number of hydrazone groups is 1. The van der Waals surface area contributed by atoms with Crippen molar-refractivity contribution in [1.29, 1.82) is 0 Å². The Kier molecular flexibility index (Phi) is 4.51. The maximum atomic E-state index is 12.9. The molecule has 0 atom stereocenters. The lowest BCUT2D eigenvalue weighted by Gasteiger charge is -2.12. The summed E-state index contributed by atoms with van der Waals surface area (Å²) in [4.78, 5) is 23.2. The molecule has 0 fully saturated rings. The average Bonchev–Trinajstić information content (AvgIpc) is 2.93. The number of nitrogens with two attached hydrogens (primary N) is 1. The van der Waals surface area contributed by atoms with Crippen molar-refractivity contribution in [1.82, 2.24) is 5.43 Å². The molecule has 0 aliphatic heterocycles. The number of halogens is 1. The minimum absolute atomic E-state index is 0.0583. The van der Waals surface area contributed by atoms with Crippen LogP contribution in [-0.2, 0) is 6.42 Å². The maximum Gasteiger partial charge on any atom is 0.379 e. The summed E-state index contributed by atoms with van der Waals surface area (Å²) in [5.41, 5.74) is 9.10. The van der Waals surface area contributed by atoms with E-state index in [1.54, 1.807) is 6.92 Å². The van der Waals surface area contributed by atoms with Crippen LogP contribution < -0.4 is 15.9 Å². The lowest BCUT2D eigenvalue weighted by atomic mass is 9.93.